The van der Waals surface area contributed by atoms with Gasteiger partial charge in [0.15, 0.2) is 16.6 Å². The summed E-state index contributed by atoms with van der Waals surface area (Å²) in [7, 11) is 0. The molecule has 0 aliphatic heterocycles. The number of nitrogens with zero attached hydrogens (tertiary/aromatic N) is 3. The van der Waals surface area contributed by atoms with E-state index in [9.17, 15) is 0 Å². The van der Waals surface area contributed by atoms with E-state index >= 15 is 0 Å². The van der Waals surface area contributed by atoms with E-state index in [1.807, 2.05) is 40.9 Å². The first-order valence-corrected chi connectivity index (χ1v) is 6.56. The van der Waals surface area contributed by atoms with Crippen LogP contribution in [0.15, 0.2) is 47.2 Å². The van der Waals surface area contributed by atoms with Crippen LogP contribution in [0.1, 0.15) is 11.6 Å². The molecule has 2 N–H and O–H groups in total. The first-order chi connectivity index (χ1) is 9.83. The maximum absolute atomic E-state index is 5.22. The molecule has 0 saturated heterocycles. The van der Waals surface area contributed by atoms with E-state index < -0.39 is 0 Å². The summed E-state index contributed by atoms with van der Waals surface area (Å²) < 4.78 is 7.13. The molecule has 0 unspecified atom stereocenters. The van der Waals surface area contributed by atoms with Crippen LogP contribution in [-0.4, -0.2) is 19.7 Å². The summed E-state index contributed by atoms with van der Waals surface area (Å²) in [5, 5.41) is 14.9. The fraction of sp³-hybridized carbons (Fsp3) is 0.154. The number of rotatable bonds is 4. The quantitative estimate of drug-likeness (QED) is 0.709. The fourth-order valence-corrected chi connectivity index (χ4v) is 1.96. The largest absolute Gasteiger partial charge is 0.467 e. The van der Waals surface area contributed by atoms with E-state index in [1.54, 1.807) is 6.26 Å². The van der Waals surface area contributed by atoms with Gasteiger partial charge in [-0.3, -0.25) is 4.40 Å². The zero-order valence-electron chi connectivity index (χ0n) is 10.6. The van der Waals surface area contributed by atoms with Crippen LogP contribution in [-0.2, 0) is 13.1 Å². The fourth-order valence-electron chi connectivity index (χ4n) is 1.81. The van der Waals surface area contributed by atoms with Crippen molar-refractivity contribution < 1.29 is 4.42 Å². The van der Waals surface area contributed by atoms with Crippen molar-refractivity contribution in [1.29, 1.82) is 0 Å². The Bertz CT molecular complexity index is 706. The minimum atomic E-state index is 0.509. The molecule has 0 aromatic carbocycles. The van der Waals surface area contributed by atoms with Crippen LogP contribution in [0.4, 0.5) is 0 Å². The van der Waals surface area contributed by atoms with Gasteiger partial charge in [-0.25, -0.2) is 0 Å². The Morgan fingerprint density at radius 2 is 2.05 bits per heavy atom. The van der Waals surface area contributed by atoms with Crippen LogP contribution < -0.4 is 10.6 Å². The maximum atomic E-state index is 5.22. The molecule has 0 amide bonds. The van der Waals surface area contributed by atoms with Crippen molar-refractivity contribution in [3.05, 3.63) is 54.4 Å². The van der Waals surface area contributed by atoms with Crippen LogP contribution in [0, 0.1) is 0 Å². The minimum absolute atomic E-state index is 0.509. The highest BCUT2D eigenvalue weighted by Crippen LogP contribution is 2.02. The lowest BCUT2D eigenvalue weighted by Gasteiger charge is -2.08. The SMILES string of the molecule is S=C(NCc1ccco1)NCc1nnc2ccccn12. The second-order valence-electron chi connectivity index (χ2n) is 4.16. The summed E-state index contributed by atoms with van der Waals surface area (Å²) in [6, 6.07) is 9.51. The molecular weight excluding hydrogens is 274 g/mol. The van der Waals surface area contributed by atoms with Gasteiger partial charge < -0.3 is 15.1 Å². The van der Waals surface area contributed by atoms with E-state index in [-0.39, 0.29) is 0 Å². The predicted molar refractivity (Wildman–Crippen MR) is 78.0 cm³/mol. The molecule has 0 bridgehead atoms. The van der Waals surface area contributed by atoms with E-state index in [4.69, 9.17) is 16.6 Å². The minimum Gasteiger partial charge on any atom is -0.467 e. The third kappa shape index (κ3) is 2.77. The number of pyridine rings is 1. The number of furan rings is 1. The zero-order valence-corrected chi connectivity index (χ0v) is 11.4. The molecule has 0 radical (unpaired) electrons. The summed E-state index contributed by atoms with van der Waals surface area (Å²) in [4.78, 5) is 0. The number of hydrogen-bond acceptors (Lipinski definition) is 4. The van der Waals surface area contributed by atoms with Crippen molar-refractivity contribution in [2.45, 2.75) is 13.1 Å². The number of hydrogen-bond donors (Lipinski definition) is 2. The van der Waals surface area contributed by atoms with Crippen LogP contribution in [0.5, 0.6) is 0 Å². The van der Waals surface area contributed by atoms with Crippen LogP contribution >= 0.6 is 12.2 Å². The van der Waals surface area contributed by atoms with Gasteiger partial charge in [-0.2, -0.15) is 0 Å². The van der Waals surface area contributed by atoms with Crippen LogP contribution in [0.3, 0.4) is 0 Å². The predicted octanol–water partition coefficient (Wildman–Crippen LogP) is 1.49. The molecule has 0 spiro atoms. The Morgan fingerprint density at radius 3 is 2.90 bits per heavy atom. The summed E-state index contributed by atoms with van der Waals surface area (Å²) >= 11 is 5.20. The van der Waals surface area contributed by atoms with Crippen molar-refractivity contribution >= 4 is 23.0 Å². The Labute approximate surface area is 120 Å². The second kappa shape index (κ2) is 5.70. The lowest BCUT2D eigenvalue weighted by Crippen LogP contribution is -2.34. The van der Waals surface area contributed by atoms with Crippen molar-refractivity contribution in [2.75, 3.05) is 0 Å². The summed E-state index contributed by atoms with van der Waals surface area (Å²) in [5.41, 5.74) is 0.818. The van der Waals surface area contributed by atoms with Gasteiger partial charge in [-0.1, -0.05) is 6.07 Å². The molecule has 0 aliphatic carbocycles. The highest BCUT2D eigenvalue weighted by atomic mass is 32.1. The number of thiocarbonyl (C=S) groups is 1. The van der Waals surface area contributed by atoms with Gasteiger partial charge in [0.25, 0.3) is 0 Å². The molecule has 6 nitrogen and oxygen atoms in total. The molecule has 0 saturated carbocycles. The summed E-state index contributed by atoms with van der Waals surface area (Å²) in [6.45, 7) is 1.06. The summed E-state index contributed by atoms with van der Waals surface area (Å²) in [6.07, 6.45) is 3.56. The Morgan fingerprint density at radius 1 is 1.15 bits per heavy atom. The average Bonchev–Trinajstić information content (AvgIpc) is 3.12. The monoisotopic (exact) mass is 287 g/mol. The highest BCUT2D eigenvalue weighted by Gasteiger charge is 2.05. The van der Waals surface area contributed by atoms with E-state index in [1.165, 1.54) is 0 Å². The van der Waals surface area contributed by atoms with E-state index in [0.717, 1.165) is 17.2 Å². The van der Waals surface area contributed by atoms with Gasteiger partial charge in [0.1, 0.15) is 5.76 Å². The van der Waals surface area contributed by atoms with E-state index in [2.05, 4.69) is 20.8 Å². The Hall–Kier alpha value is -2.41. The maximum Gasteiger partial charge on any atom is 0.167 e. The molecule has 0 fully saturated rings. The van der Waals surface area contributed by atoms with Gasteiger partial charge in [0.2, 0.25) is 0 Å². The Kier molecular flexibility index (Phi) is 3.60. The molecule has 0 atom stereocenters. The van der Waals surface area contributed by atoms with Crippen LogP contribution in [0.2, 0.25) is 0 Å². The van der Waals surface area contributed by atoms with Crippen LogP contribution in [0.25, 0.3) is 5.65 Å². The van der Waals surface area contributed by atoms with E-state index in [0.29, 0.717) is 18.2 Å². The molecule has 3 aromatic rings. The third-order valence-corrected chi connectivity index (χ3v) is 3.08. The molecule has 7 heteroatoms. The standard InChI is InChI=1S/C13H13N5OS/c20-13(14-8-10-4-3-7-19-10)15-9-12-17-16-11-5-1-2-6-18(11)12/h1-7H,8-9H2,(H2,14,15,20). The van der Waals surface area contributed by atoms with Gasteiger partial charge in [-0.05, 0) is 36.5 Å². The first kappa shape index (κ1) is 12.6. The highest BCUT2D eigenvalue weighted by molar-refractivity contribution is 7.80. The average molecular weight is 287 g/mol. The van der Waals surface area contributed by atoms with Crippen molar-refractivity contribution in [1.82, 2.24) is 25.2 Å². The van der Waals surface area contributed by atoms with Gasteiger partial charge >= 0.3 is 0 Å². The van der Waals surface area contributed by atoms with Crippen molar-refractivity contribution in [2.24, 2.45) is 0 Å². The molecule has 102 valence electrons. The molecule has 0 aliphatic rings. The molecular formula is C13H13N5OS. The normalized spacial score (nSPS) is 10.6. The van der Waals surface area contributed by atoms with Crippen molar-refractivity contribution in [3.63, 3.8) is 0 Å². The smallest absolute Gasteiger partial charge is 0.167 e. The Balaban J connectivity index is 1.55. The third-order valence-electron chi connectivity index (χ3n) is 2.79. The first-order valence-electron chi connectivity index (χ1n) is 6.15. The van der Waals surface area contributed by atoms with Gasteiger partial charge in [0, 0.05) is 6.20 Å². The molecule has 20 heavy (non-hydrogen) atoms. The number of aromatic nitrogens is 3. The zero-order chi connectivity index (χ0) is 13.8. The van der Waals surface area contributed by atoms with Gasteiger partial charge in [0.05, 0.1) is 19.4 Å². The topological polar surface area (TPSA) is 67.4 Å². The number of nitrogens with one attached hydrogen (secondary N) is 2. The lowest BCUT2D eigenvalue weighted by atomic mass is 10.4. The molecule has 3 heterocycles. The lowest BCUT2D eigenvalue weighted by molar-refractivity contribution is 0.502. The van der Waals surface area contributed by atoms with Crippen molar-refractivity contribution in [3.8, 4) is 0 Å². The number of fused-ring (bicyclic) bond motifs is 1. The van der Waals surface area contributed by atoms with Gasteiger partial charge in [-0.15, -0.1) is 10.2 Å². The summed E-state index contributed by atoms with van der Waals surface area (Å²) in [5.74, 6) is 1.64. The molecule has 3 rings (SSSR count). The molecule has 3 aromatic heterocycles. The second-order valence-corrected chi connectivity index (χ2v) is 4.57.